The van der Waals surface area contributed by atoms with Crippen LogP contribution < -0.4 is 5.32 Å². The number of para-hydroxylation sites is 1. The minimum absolute atomic E-state index is 0.0655. The molecule has 246 valence electrons. The summed E-state index contributed by atoms with van der Waals surface area (Å²) >= 11 is 0. The molecule has 2 heterocycles. The Morgan fingerprint density at radius 2 is 1.67 bits per heavy atom. The zero-order valence-electron chi connectivity index (χ0n) is 26.9. The van der Waals surface area contributed by atoms with Crippen LogP contribution in [0, 0.1) is 11.8 Å². The molecule has 0 bridgehead atoms. The number of nitrogens with zero attached hydrogens (tertiary/aromatic N) is 1. The van der Waals surface area contributed by atoms with Crippen molar-refractivity contribution in [2.45, 2.75) is 71.1 Å². The number of cyclic esters (lactones) is 1. The molecule has 2 aromatic carbocycles. The fraction of sp³-hybridized carbons (Fsp3) is 0.444. The van der Waals surface area contributed by atoms with Crippen LogP contribution in [0.15, 0.2) is 72.9 Å². The van der Waals surface area contributed by atoms with Crippen LogP contribution in [-0.2, 0) is 41.6 Å². The van der Waals surface area contributed by atoms with E-state index in [9.17, 15) is 24.3 Å². The van der Waals surface area contributed by atoms with E-state index in [2.05, 4.69) is 10.3 Å². The number of rotatable bonds is 10. The molecular formula is C36H45N3O7. The van der Waals surface area contributed by atoms with E-state index in [1.165, 1.54) is 0 Å². The van der Waals surface area contributed by atoms with Gasteiger partial charge in [-0.05, 0) is 57.2 Å². The second-order valence-corrected chi connectivity index (χ2v) is 12.8. The van der Waals surface area contributed by atoms with Crippen molar-refractivity contribution in [2.24, 2.45) is 11.8 Å². The molecule has 2 amide bonds. The average Bonchev–Trinajstić information content (AvgIpc) is 3.41. The van der Waals surface area contributed by atoms with Crippen molar-refractivity contribution in [3.63, 3.8) is 0 Å². The second kappa shape index (κ2) is 16.2. The third-order valence-electron chi connectivity index (χ3n) is 7.82. The predicted molar refractivity (Wildman–Crippen MR) is 174 cm³/mol. The maximum atomic E-state index is 13.8. The largest absolute Gasteiger partial charge is 0.463 e. The number of fused-ring (bicyclic) bond motifs is 1. The Kier molecular flexibility index (Phi) is 12.1. The molecule has 0 saturated carbocycles. The summed E-state index contributed by atoms with van der Waals surface area (Å²) in [4.78, 5) is 57.9. The number of aromatic amines is 1. The number of aliphatic hydroxyl groups is 1. The molecule has 0 spiro atoms. The smallest absolute Gasteiger partial charge is 0.309 e. The molecule has 46 heavy (non-hydrogen) atoms. The van der Waals surface area contributed by atoms with Gasteiger partial charge in [0.25, 0.3) is 0 Å². The third-order valence-corrected chi connectivity index (χ3v) is 7.82. The highest BCUT2D eigenvalue weighted by molar-refractivity contribution is 5.87. The van der Waals surface area contributed by atoms with E-state index in [1.54, 1.807) is 37.8 Å². The topological polar surface area (TPSA) is 138 Å². The van der Waals surface area contributed by atoms with Crippen LogP contribution in [0.25, 0.3) is 10.9 Å². The van der Waals surface area contributed by atoms with Gasteiger partial charge in [-0.25, -0.2) is 0 Å². The first-order valence-electron chi connectivity index (χ1n) is 15.8. The number of carbonyl (C=O) groups is 4. The summed E-state index contributed by atoms with van der Waals surface area (Å²) < 4.78 is 11.2. The van der Waals surface area contributed by atoms with Crippen molar-refractivity contribution in [1.82, 2.24) is 15.2 Å². The molecule has 3 atom stereocenters. The lowest BCUT2D eigenvalue weighted by atomic mass is 9.95. The van der Waals surface area contributed by atoms with E-state index in [0.29, 0.717) is 13.0 Å². The summed E-state index contributed by atoms with van der Waals surface area (Å²) in [7, 11) is 0. The second-order valence-electron chi connectivity index (χ2n) is 12.8. The van der Waals surface area contributed by atoms with Gasteiger partial charge in [0.15, 0.2) is 0 Å². The van der Waals surface area contributed by atoms with E-state index >= 15 is 0 Å². The number of carbonyl (C=O) groups excluding carboxylic acids is 4. The van der Waals surface area contributed by atoms with E-state index in [4.69, 9.17) is 9.47 Å². The molecule has 0 aliphatic carbocycles. The fourth-order valence-corrected chi connectivity index (χ4v) is 5.54. The molecular weight excluding hydrogens is 586 g/mol. The minimum Gasteiger partial charge on any atom is -0.463 e. The van der Waals surface area contributed by atoms with E-state index in [-0.39, 0.29) is 57.3 Å². The van der Waals surface area contributed by atoms with Crippen molar-refractivity contribution in [2.75, 3.05) is 19.8 Å². The molecule has 0 radical (unpaired) electrons. The van der Waals surface area contributed by atoms with Crippen LogP contribution >= 0.6 is 0 Å². The first kappa shape index (κ1) is 34.4. The highest BCUT2D eigenvalue weighted by Crippen LogP contribution is 2.23. The van der Waals surface area contributed by atoms with E-state index in [1.807, 2.05) is 60.8 Å². The molecule has 3 N–H and O–H groups in total. The van der Waals surface area contributed by atoms with Gasteiger partial charge >= 0.3 is 11.9 Å². The zero-order valence-corrected chi connectivity index (χ0v) is 26.9. The maximum absolute atomic E-state index is 13.8. The van der Waals surface area contributed by atoms with E-state index in [0.717, 1.165) is 22.0 Å². The van der Waals surface area contributed by atoms with Crippen molar-refractivity contribution in [1.29, 1.82) is 0 Å². The van der Waals surface area contributed by atoms with Gasteiger partial charge in [0.1, 0.15) is 12.2 Å². The first-order valence-corrected chi connectivity index (χ1v) is 15.8. The highest BCUT2D eigenvalue weighted by Gasteiger charge is 2.30. The quantitative estimate of drug-likeness (QED) is 0.222. The van der Waals surface area contributed by atoms with Crippen LogP contribution in [0.4, 0.5) is 0 Å². The number of benzene rings is 2. The van der Waals surface area contributed by atoms with Gasteiger partial charge in [0.2, 0.25) is 11.8 Å². The molecule has 10 heteroatoms. The summed E-state index contributed by atoms with van der Waals surface area (Å²) in [5, 5.41) is 13.7. The zero-order chi connectivity index (χ0) is 33.1. The molecule has 3 aromatic rings. The molecule has 10 nitrogen and oxygen atoms in total. The summed E-state index contributed by atoms with van der Waals surface area (Å²) in [6, 6.07) is 16.7. The Balaban J connectivity index is 1.56. The lowest BCUT2D eigenvalue weighted by Crippen LogP contribution is -2.45. The van der Waals surface area contributed by atoms with E-state index < -0.39 is 35.4 Å². The highest BCUT2D eigenvalue weighted by atomic mass is 16.6. The van der Waals surface area contributed by atoms with Crippen molar-refractivity contribution in [3.8, 4) is 0 Å². The minimum atomic E-state index is -0.763. The Morgan fingerprint density at radius 3 is 2.39 bits per heavy atom. The number of amides is 2. The molecule has 0 unspecified atom stereocenters. The normalized spacial score (nSPS) is 20.1. The van der Waals surface area contributed by atoms with Crippen LogP contribution in [-0.4, -0.2) is 70.1 Å². The van der Waals surface area contributed by atoms with Gasteiger partial charge in [-0.2, -0.15) is 0 Å². The number of nitrogens with one attached hydrogen (secondary N) is 2. The summed E-state index contributed by atoms with van der Waals surface area (Å²) in [6.45, 7) is 5.46. The monoisotopic (exact) mass is 631 g/mol. The van der Waals surface area contributed by atoms with Crippen molar-refractivity contribution >= 4 is 34.7 Å². The number of hydrogen-bond acceptors (Lipinski definition) is 7. The fourth-order valence-electron chi connectivity index (χ4n) is 5.54. The van der Waals surface area contributed by atoms with Gasteiger partial charge in [-0.3, -0.25) is 19.2 Å². The number of aromatic nitrogens is 1. The number of hydrogen-bond donors (Lipinski definition) is 3. The van der Waals surface area contributed by atoms with Crippen molar-refractivity contribution < 1.29 is 33.8 Å². The van der Waals surface area contributed by atoms with Crippen molar-refractivity contribution in [3.05, 3.63) is 84.1 Å². The molecule has 1 aromatic heterocycles. The molecule has 4 rings (SSSR count). The Hall–Kier alpha value is -4.44. The lowest BCUT2D eigenvalue weighted by Gasteiger charge is -2.27. The lowest BCUT2D eigenvalue weighted by molar-refractivity contribution is -0.161. The molecule has 1 aliphatic heterocycles. The first-order chi connectivity index (χ1) is 22.0. The summed E-state index contributed by atoms with van der Waals surface area (Å²) in [5.41, 5.74) is 2.12. The van der Waals surface area contributed by atoms with Crippen LogP contribution in [0.2, 0.25) is 0 Å². The number of allylic oxidation sites excluding steroid dienone is 2. The third kappa shape index (κ3) is 10.3. The molecule has 0 saturated heterocycles. The average molecular weight is 632 g/mol. The molecule has 0 fully saturated rings. The number of ether oxygens (including phenoxy) is 2. The van der Waals surface area contributed by atoms with Gasteiger partial charge < -0.3 is 29.8 Å². The summed E-state index contributed by atoms with van der Waals surface area (Å²) in [5.74, 6) is -3.08. The predicted octanol–water partition coefficient (Wildman–Crippen LogP) is 4.46. The van der Waals surface area contributed by atoms with Gasteiger partial charge in [-0.1, -0.05) is 60.7 Å². The standard InChI is InChI=1S/C36H45N3O7/c1-36(2,3)46-33(42)21-27-14-8-7-13-26(20-32(41)39(17-18-40)23-25-11-5-4-6-12-25)34(43)38-29(24-45-35(27)44)19-28-22-37-31-16-10-9-15-30(28)31/h4-12,15-16,22,26-27,29,37,40H,13-14,17-21,23-24H2,1-3H3,(H,38,43)/b8-7-/t26-,27+,29+/m1/s1. The summed E-state index contributed by atoms with van der Waals surface area (Å²) in [6.07, 6.45) is 6.04. The van der Waals surface area contributed by atoms with Gasteiger partial charge in [-0.15, -0.1) is 0 Å². The number of aliphatic hydroxyl groups excluding tert-OH is 1. The SMILES string of the molecule is CC(C)(C)OC(=O)C[C@@H]1C/C=C\C[C@H](CC(=O)N(CCO)Cc2ccccc2)C(=O)N[C@@H](Cc2c[nH]c3ccccc23)COC1=O. The number of H-pyrrole nitrogens is 1. The Morgan fingerprint density at radius 1 is 0.978 bits per heavy atom. The number of esters is 2. The van der Waals surface area contributed by atoms with Crippen LogP contribution in [0.1, 0.15) is 57.6 Å². The maximum Gasteiger partial charge on any atom is 0.309 e. The van der Waals surface area contributed by atoms with Gasteiger partial charge in [0.05, 0.1) is 30.9 Å². The van der Waals surface area contributed by atoms with Crippen LogP contribution in [0.5, 0.6) is 0 Å². The molecule has 1 aliphatic rings. The van der Waals surface area contributed by atoms with Gasteiger partial charge in [0, 0.05) is 36.6 Å². The Labute approximate surface area is 270 Å². The Bertz CT molecular complexity index is 1510. The van der Waals surface area contributed by atoms with Crippen LogP contribution in [0.3, 0.4) is 0 Å².